The molecule has 3 heteroatoms. The molecular weight excluding hydrogens is 156 g/mol. The van der Waals surface area contributed by atoms with Crippen molar-refractivity contribution in [2.45, 2.75) is 38.7 Å². The molecule has 0 bridgehead atoms. The first-order chi connectivity index (χ1) is 5.70. The van der Waals surface area contributed by atoms with E-state index in [0.717, 1.165) is 19.4 Å². The Balaban J connectivity index is 2.29. The van der Waals surface area contributed by atoms with Crippen LogP contribution in [-0.2, 0) is 9.53 Å². The van der Waals surface area contributed by atoms with Crippen molar-refractivity contribution < 1.29 is 14.6 Å². The normalized spacial score (nSPS) is 26.6. The smallest absolute Gasteiger partial charge is 0.303 e. The molecule has 0 aliphatic carbocycles. The Morgan fingerprint density at radius 3 is 2.92 bits per heavy atom. The highest BCUT2D eigenvalue weighted by molar-refractivity contribution is 5.67. The van der Waals surface area contributed by atoms with Gasteiger partial charge >= 0.3 is 5.97 Å². The SMILES string of the molecule is CC(CC(=O)O)C1CCCCO1. The molecule has 1 rings (SSSR count). The van der Waals surface area contributed by atoms with Gasteiger partial charge in [0.2, 0.25) is 0 Å². The van der Waals surface area contributed by atoms with Gasteiger partial charge in [-0.1, -0.05) is 6.92 Å². The van der Waals surface area contributed by atoms with Gasteiger partial charge in [-0.25, -0.2) is 0 Å². The van der Waals surface area contributed by atoms with Gasteiger partial charge in [0.05, 0.1) is 12.5 Å². The molecule has 0 radical (unpaired) electrons. The van der Waals surface area contributed by atoms with E-state index in [9.17, 15) is 4.79 Å². The maximum atomic E-state index is 10.4. The summed E-state index contributed by atoms with van der Waals surface area (Å²) in [6, 6.07) is 0. The Hall–Kier alpha value is -0.570. The van der Waals surface area contributed by atoms with Crippen molar-refractivity contribution in [3.8, 4) is 0 Å². The summed E-state index contributed by atoms with van der Waals surface area (Å²) >= 11 is 0. The van der Waals surface area contributed by atoms with Gasteiger partial charge in [-0.2, -0.15) is 0 Å². The zero-order chi connectivity index (χ0) is 8.97. The lowest BCUT2D eigenvalue weighted by atomic mass is 9.95. The largest absolute Gasteiger partial charge is 0.481 e. The number of aliphatic carboxylic acids is 1. The first-order valence-corrected chi connectivity index (χ1v) is 4.53. The van der Waals surface area contributed by atoms with Gasteiger partial charge in [-0.05, 0) is 25.2 Å². The average Bonchev–Trinajstić information content (AvgIpc) is 2.05. The van der Waals surface area contributed by atoms with Gasteiger partial charge in [0.1, 0.15) is 0 Å². The molecule has 0 spiro atoms. The van der Waals surface area contributed by atoms with Crippen LogP contribution in [0.1, 0.15) is 32.6 Å². The molecule has 12 heavy (non-hydrogen) atoms. The second-order valence-corrected chi connectivity index (χ2v) is 3.48. The van der Waals surface area contributed by atoms with Crippen molar-refractivity contribution >= 4 is 5.97 Å². The number of carboxylic acid groups (broad SMARTS) is 1. The lowest BCUT2D eigenvalue weighted by Gasteiger charge is -2.27. The van der Waals surface area contributed by atoms with Crippen LogP contribution in [0.5, 0.6) is 0 Å². The molecule has 0 amide bonds. The van der Waals surface area contributed by atoms with Crippen LogP contribution in [0.15, 0.2) is 0 Å². The highest BCUT2D eigenvalue weighted by Crippen LogP contribution is 2.21. The van der Waals surface area contributed by atoms with Crippen molar-refractivity contribution in [3.05, 3.63) is 0 Å². The fourth-order valence-electron chi connectivity index (χ4n) is 1.62. The van der Waals surface area contributed by atoms with Crippen molar-refractivity contribution in [2.75, 3.05) is 6.61 Å². The summed E-state index contributed by atoms with van der Waals surface area (Å²) in [6.45, 7) is 2.75. The van der Waals surface area contributed by atoms with E-state index in [1.807, 2.05) is 6.92 Å². The summed E-state index contributed by atoms with van der Waals surface area (Å²) in [5.41, 5.74) is 0. The number of rotatable bonds is 3. The number of carboxylic acids is 1. The van der Waals surface area contributed by atoms with E-state index in [1.54, 1.807) is 0 Å². The van der Waals surface area contributed by atoms with E-state index in [1.165, 1.54) is 6.42 Å². The maximum Gasteiger partial charge on any atom is 0.303 e. The summed E-state index contributed by atoms with van der Waals surface area (Å²) in [6.07, 6.45) is 3.72. The fraction of sp³-hybridized carbons (Fsp3) is 0.889. The Labute approximate surface area is 72.7 Å². The van der Waals surface area contributed by atoms with E-state index >= 15 is 0 Å². The minimum Gasteiger partial charge on any atom is -0.481 e. The van der Waals surface area contributed by atoms with Crippen molar-refractivity contribution in [1.82, 2.24) is 0 Å². The standard InChI is InChI=1S/C9H16O3/c1-7(6-9(10)11)8-4-2-3-5-12-8/h7-8H,2-6H2,1H3,(H,10,11). The topological polar surface area (TPSA) is 46.5 Å². The molecule has 1 fully saturated rings. The molecule has 1 N–H and O–H groups in total. The Bertz CT molecular complexity index is 150. The second-order valence-electron chi connectivity index (χ2n) is 3.48. The average molecular weight is 172 g/mol. The molecule has 1 heterocycles. The zero-order valence-electron chi connectivity index (χ0n) is 7.45. The third kappa shape index (κ3) is 2.81. The van der Waals surface area contributed by atoms with Crippen LogP contribution in [0.2, 0.25) is 0 Å². The van der Waals surface area contributed by atoms with Gasteiger partial charge in [0, 0.05) is 6.61 Å². The van der Waals surface area contributed by atoms with Crippen LogP contribution in [0.25, 0.3) is 0 Å². The monoisotopic (exact) mass is 172 g/mol. The number of carbonyl (C=O) groups is 1. The van der Waals surface area contributed by atoms with Crippen molar-refractivity contribution in [2.24, 2.45) is 5.92 Å². The first-order valence-electron chi connectivity index (χ1n) is 4.53. The zero-order valence-corrected chi connectivity index (χ0v) is 7.45. The van der Waals surface area contributed by atoms with Crippen LogP contribution < -0.4 is 0 Å². The van der Waals surface area contributed by atoms with Gasteiger partial charge < -0.3 is 9.84 Å². The molecule has 2 unspecified atom stereocenters. The molecule has 3 nitrogen and oxygen atoms in total. The number of hydrogen-bond donors (Lipinski definition) is 1. The van der Waals surface area contributed by atoms with Gasteiger partial charge in [0.15, 0.2) is 0 Å². The predicted molar refractivity (Wildman–Crippen MR) is 45.0 cm³/mol. The van der Waals surface area contributed by atoms with Crippen LogP contribution in [0, 0.1) is 5.92 Å². The van der Waals surface area contributed by atoms with Gasteiger partial charge in [-0.15, -0.1) is 0 Å². The van der Waals surface area contributed by atoms with Crippen LogP contribution in [-0.4, -0.2) is 23.8 Å². The molecular formula is C9H16O3. The van der Waals surface area contributed by atoms with Crippen molar-refractivity contribution in [1.29, 1.82) is 0 Å². The van der Waals surface area contributed by atoms with E-state index in [2.05, 4.69) is 0 Å². The van der Waals surface area contributed by atoms with Crippen molar-refractivity contribution in [3.63, 3.8) is 0 Å². The summed E-state index contributed by atoms with van der Waals surface area (Å²) in [7, 11) is 0. The lowest BCUT2D eigenvalue weighted by molar-refractivity contribution is -0.139. The summed E-state index contributed by atoms with van der Waals surface area (Å²) in [5, 5.41) is 8.56. The molecule has 70 valence electrons. The molecule has 1 aliphatic rings. The van der Waals surface area contributed by atoms with E-state index in [-0.39, 0.29) is 18.4 Å². The third-order valence-electron chi connectivity index (χ3n) is 2.35. The lowest BCUT2D eigenvalue weighted by Crippen LogP contribution is -2.27. The molecule has 1 aliphatic heterocycles. The second kappa shape index (κ2) is 4.45. The Kier molecular flexibility index (Phi) is 3.53. The molecule has 2 atom stereocenters. The van der Waals surface area contributed by atoms with E-state index in [0.29, 0.717) is 0 Å². The Morgan fingerprint density at radius 1 is 1.67 bits per heavy atom. The minimum absolute atomic E-state index is 0.155. The fourth-order valence-corrected chi connectivity index (χ4v) is 1.62. The van der Waals surface area contributed by atoms with E-state index < -0.39 is 5.97 Å². The highest BCUT2D eigenvalue weighted by atomic mass is 16.5. The minimum atomic E-state index is -0.725. The molecule has 0 aromatic rings. The highest BCUT2D eigenvalue weighted by Gasteiger charge is 2.22. The first kappa shape index (κ1) is 9.52. The molecule has 1 saturated heterocycles. The Morgan fingerprint density at radius 2 is 2.42 bits per heavy atom. The third-order valence-corrected chi connectivity index (χ3v) is 2.35. The maximum absolute atomic E-state index is 10.4. The molecule has 0 aromatic carbocycles. The van der Waals surface area contributed by atoms with Gasteiger partial charge in [-0.3, -0.25) is 4.79 Å². The molecule has 0 saturated carbocycles. The summed E-state index contributed by atoms with van der Waals surface area (Å²) in [4.78, 5) is 10.4. The predicted octanol–water partition coefficient (Wildman–Crippen LogP) is 1.67. The summed E-state index contributed by atoms with van der Waals surface area (Å²) < 4.78 is 5.48. The van der Waals surface area contributed by atoms with Crippen LogP contribution in [0.4, 0.5) is 0 Å². The summed E-state index contributed by atoms with van der Waals surface area (Å²) in [5.74, 6) is -0.570. The van der Waals surface area contributed by atoms with Crippen LogP contribution >= 0.6 is 0 Å². The number of hydrogen-bond acceptors (Lipinski definition) is 2. The van der Waals surface area contributed by atoms with E-state index in [4.69, 9.17) is 9.84 Å². The molecule has 0 aromatic heterocycles. The van der Waals surface area contributed by atoms with Gasteiger partial charge in [0.25, 0.3) is 0 Å². The number of ether oxygens (including phenoxy) is 1. The van der Waals surface area contributed by atoms with Crippen LogP contribution in [0.3, 0.4) is 0 Å². The quantitative estimate of drug-likeness (QED) is 0.704.